The van der Waals surface area contributed by atoms with Gasteiger partial charge in [0, 0.05) is 18.9 Å². The number of nitrogens with one attached hydrogen (secondary N) is 1. The van der Waals surface area contributed by atoms with Crippen LogP contribution in [0.5, 0.6) is 0 Å². The van der Waals surface area contributed by atoms with Crippen molar-refractivity contribution in [3.05, 3.63) is 30.1 Å². The standard InChI is InChI=1S/C12H19N3O/c1-12(2,5-6-13)9-15-11(16)10-4-3-7-14-8-10/h3-4,7-8H,5-6,9,13H2,1-2H3,(H,15,16). The minimum Gasteiger partial charge on any atom is -0.351 e. The van der Waals surface area contributed by atoms with Crippen LogP contribution in [-0.2, 0) is 0 Å². The average molecular weight is 221 g/mol. The molecule has 0 saturated heterocycles. The molecule has 0 fully saturated rings. The maximum atomic E-state index is 11.7. The van der Waals surface area contributed by atoms with Crippen LogP contribution in [0.1, 0.15) is 30.6 Å². The lowest BCUT2D eigenvalue weighted by atomic mass is 9.89. The zero-order chi connectivity index (χ0) is 12.0. The van der Waals surface area contributed by atoms with Crippen LogP contribution in [0.2, 0.25) is 0 Å². The summed E-state index contributed by atoms with van der Waals surface area (Å²) >= 11 is 0. The van der Waals surface area contributed by atoms with Crippen molar-refractivity contribution >= 4 is 5.91 Å². The van der Waals surface area contributed by atoms with E-state index < -0.39 is 0 Å². The molecule has 0 bridgehead atoms. The first-order valence-electron chi connectivity index (χ1n) is 5.43. The number of hydrogen-bond donors (Lipinski definition) is 2. The molecule has 4 heteroatoms. The smallest absolute Gasteiger partial charge is 0.252 e. The number of aromatic nitrogens is 1. The maximum absolute atomic E-state index is 11.7. The van der Waals surface area contributed by atoms with E-state index in [1.54, 1.807) is 24.5 Å². The molecule has 1 rings (SSSR count). The van der Waals surface area contributed by atoms with Crippen molar-refractivity contribution in [2.75, 3.05) is 13.1 Å². The van der Waals surface area contributed by atoms with Gasteiger partial charge in [-0.05, 0) is 30.5 Å². The van der Waals surface area contributed by atoms with Gasteiger partial charge in [0.15, 0.2) is 0 Å². The molecule has 0 aliphatic heterocycles. The highest BCUT2D eigenvalue weighted by Crippen LogP contribution is 2.17. The Bertz CT molecular complexity index is 335. The van der Waals surface area contributed by atoms with E-state index >= 15 is 0 Å². The van der Waals surface area contributed by atoms with Gasteiger partial charge < -0.3 is 11.1 Å². The molecule has 1 amide bonds. The van der Waals surface area contributed by atoms with Crippen LogP contribution in [0.25, 0.3) is 0 Å². The van der Waals surface area contributed by atoms with Crippen LogP contribution in [0.4, 0.5) is 0 Å². The lowest BCUT2D eigenvalue weighted by Gasteiger charge is -2.24. The first kappa shape index (κ1) is 12.6. The minimum atomic E-state index is -0.0850. The molecule has 0 aliphatic rings. The van der Waals surface area contributed by atoms with E-state index in [0.717, 1.165) is 6.42 Å². The highest BCUT2D eigenvalue weighted by Gasteiger charge is 2.18. The molecule has 1 aromatic rings. The van der Waals surface area contributed by atoms with Gasteiger partial charge in [0.05, 0.1) is 5.56 Å². The minimum absolute atomic E-state index is 0.0343. The summed E-state index contributed by atoms with van der Waals surface area (Å²) < 4.78 is 0. The van der Waals surface area contributed by atoms with Gasteiger partial charge in [0.1, 0.15) is 0 Å². The molecule has 0 saturated carbocycles. The molecule has 0 aliphatic carbocycles. The number of amides is 1. The summed E-state index contributed by atoms with van der Waals surface area (Å²) in [6.07, 6.45) is 4.10. The van der Waals surface area contributed by atoms with E-state index in [2.05, 4.69) is 24.1 Å². The number of nitrogens with two attached hydrogens (primary N) is 1. The summed E-state index contributed by atoms with van der Waals surface area (Å²) in [5.74, 6) is -0.0850. The van der Waals surface area contributed by atoms with Crippen molar-refractivity contribution < 1.29 is 4.79 Å². The second-order valence-electron chi connectivity index (χ2n) is 4.63. The Balaban J connectivity index is 2.48. The Morgan fingerprint density at radius 2 is 2.31 bits per heavy atom. The second kappa shape index (κ2) is 5.61. The Kier molecular flexibility index (Phi) is 4.43. The molecule has 0 atom stereocenters. The summed E-state index contributed by atoms with van der Waals surface area (Å²) in [7, 11) is 0. The molecule has 3 N–H and O–H groups in total. The van der Waals surface area contributed by atoms with Crippen LogP contribution in [0, 0.1) is 5.41 Å². The molecule has 0 spiro atoms. The third kappa shape index (κ3) is 3.98. The van der Waals surface area contributed by atoms with Gasteiger partial charge >= 0.3 is 0 Å². The number of nitrogens with zero attached hydrogens (tertiary/aromatic N) is 1. The fourth-order valence-electron chi connectivity index (χ4n) is 1.40. The van der Waals surface area contributed by atoms with Crippen molar-refractivity contribution in [3.63, 3.8) is 0 Å². The van der Waals surface area contributed by atoms with Gasteiger partial charge in [0.25, 0.3) is 5.91 Å². The van der Waals surface area contributed by atoms with Gasteiger partial charge in [0.2, 0.25) is 0 Å². The van der Waals surface area contributed by atoms with E-state index in [1.165, 1.54) is 0 Å². The predicted octanol–water partition coefficient (Wildman–Crippen LogP) is 1.19. The zero-order valence-electron chi connectivity index (χ0n) is 9.86. The van der Waals surface area contributed by atoms with Gasteiger partial charge in [-0.1, -0.05) is 13.8 Å². The van der Waals surface area contributed by atoms with Crippen molar-refractivity contribution in [2.45, 2.75) is 20.3 Å². The summed E-state index contributed by atoms with van der Waals surface area (Å²) in [4.78, 5) is 15.6. The molecule has 0 radical (unpaired) electrons. The SMILES string of the molecule is CC(C)(CCN)CNC(=O)c1cccnc1. The molecule has 1 aromatic heterocycles. The third-order valence-corrected chi connectivity index (χ3v) is 2.47. The van der Waals surface area contributed by atoms with E-state index in [4.69, 9.17) is 5.73 Å². The number of rotatable bonds is 5. The van der Waals surface area contributed by atoms with Crippen molar-refractivity contribution in [3.8, 4) is 0 Å². The predicted molar refractivity (Wildman–Crippen MR) is 64.0 cm³/mol. The van der Waals surface area contributed by atoms with Crippen molar-refractivity contribution in [1.82, 2.24) is 10.3 Å². The Labute approximate surface area is 96.3 Å². The zero-order valence-corrected chi connectivity index (χ0v) is 9.86. The molecular formula is C12H19N3O. The van der Waals surface area contributed by atoms with Crippen LogP contribution in [0.3, 0.4) is 0 Å². The van der Waals surface area contributed by atoms with Crippen LogP contribution in [-0.4, -0.2) is 24.0 Å². The lowest BCUT2D eigenvalue weighted by Crippen LogP contribution is -2.35. The molecule has 16 heavy (non-hydrogen) atoms. The highest BCUT2D eigenvalue weighted by atomic mass is 16.1. The normalized spacial score (nSPS) is 11.2. The summed E-state index contributed by atoms with van der Waals surface area (Å²) in [6.45, 7) is 5.43. The molecule has 1 heterocycles. The van der Waals surface area contributed by atoms with Gasteiger partial charge in [-0.25, -0.2) is 0 Å². The van der Waals surface area contributed by atoms with E-state index in [9.17, 15) is 4.79 Å². The largest absolute Gasteiger partial charge is 0.351 e. The fourth-order valence-corrected chi connectivity index (χ4v) is 1.40. The number of carbonyl (C=O) groups excluding carboxylic acids is 1. The fraction of sp³-hybridized carbons (Fsp3) is 0.500. The molecule has 0 aromatic carbocycles. The quantitative estimate of drug-likeness (QED) is 0.784. The van der Waals surface area contributed by atoms with E-state index in [1.807, 2.05) is 0 Å². The topological polar surface area (TPSA) is 68.0 Å². The first-order chi connectivity index (χ1) is 7.55. The number of pyridine rings is 1. The average Bonchev–Trinajstić information content (AvgIpc) is 2.27. The van der Waals surface area contributed by atoms with Gasteiger partial charge in [-0.15, -0.1) is 0 Å². The van der Waals surface area contributed by atoms with Crippen LogP contribution in [0.15, 0.2) is 24.5 Å². The molecule has 88 valence electrons. The third-order valence-electron chi connectivity index (χ3n) is 2.47. The second-order valence-corrected chi connectivity index (χ2v) is 4.63. The Morgan fingerprint density at radius 3 is 2.88 bits per heavy atom. The van der Waals surface area contributed by atoms with E-state index in [-0.39, 0.29) is 11.3 Å². The first-order valence-corrected chi connectivity index (χ1v) is 5.43. The number of carbonyl (C=O) groups is 1. The summed E-state index contributed by atoms with van der Waals surface area (Å²) in [5, 5.41) is 2.89. The monoisotopic (exact) mass is 221 g/mol. The lowest BCUT2D eigenvalue weighted by molar-refractivity contribution is 0.0934. The van der Waals surface area contributed by atoms with Crippen LogP contribution < -0.4 is 11.1 Å². The Hall–Kier alpha value is -1.42. The maximum Gasteiger partial charge on any atom is 0.252 e. The number of hydrogen-bond acceptors (Lipinski definition) is 3. The summed E-state index contributed by atoms with van der Waals surface area (Å²) in [5.41, 5.74) is 6.13. The van der Waals surface area contributed by atoms with Gasteiger partial charge in [-0.3, -0.25) is 9.78 Å². The Morgan fingerprint density at radius 1 is 1.56 bits per heavy atom. The van der Waals surface area contributed by atoms with Crippen molar-refractivity contribution in [1.29, 1.82) is 0 Å². The molecule has 0 unspecified atom stereocenters. The van der Waals surface area contributed by atoms with Crippen LogP contribution >= 0.6 is 0 Å². The van der Waals surface area contributed by atoms with Crippen molar-refractivity contribution in [2.24, 2.45) is 11.1 Å². The van der Waals surface area contributed by atoms with E-state index in [0.29, 0.717) is 18.7 Å². The molecular weight excluding hydrogens is 202 g/mol. The highest BCUT2D eigenvalue weighted by molar-refractivity contribution is 5.93. The summed E-state index contributed by atoms with van der Waals surface area (Å²) in [6, 6.07) is 3.50. The van der Waals surface area contributed by atoms with Gasteiger partial charge in [-0.2, -0.15) is 0 Å². The molecule has 4 nitrogen and oxygen atoms in total.